The molecule has 5 nitrogen and oxygen atoms in total. The highest BCUT2D eigenvalue weighted by atomic mass is 32.1. The minimum Gasteiger partial charge on any atom is -0.387 e. The van der Waals surface area contributed by atoms with Gasteiger partial charge in [-0.25, -0.2) is 14.6 Å². The number of aromatic nitrogens is 4. The molecule has 0 spiro atoms. The lowest BCUT2D eigenvalue weighted by Crippen LogP contribution is -2.12. The first-order chi connectivity index (χ1) is 7.15. The van der Waals surface area contributed by atoms with Crippen LogP contribution in [0.3, 0.4) is 0 Å². The van der Waals surface area contributed by atoms with Crippen LogP contribution in [0.25, 0.3) is 0 Å². The zero-order valence-electron chi connectivity index (χ0n) is 8.04. The van der Waals surface area contributed by atoms with Crippen LogP contribution < -0.4 is 5.73 Å². The van der Waals surface area contributed by atoms with E-state index in [4.69, 9.17) is 18.0 Å². The van der Waals surface area contributed by atoms with Crippen molar-refractivity contribution in [2.24, 2.45) is 5.73 Å². The smallest absolute Gasteiger partial charge is 0.208 e. The van der Waals surface area contributed by atoms with Gasteiger partial charge in [0.1, 0.15) is 11.3 Å². The lowest BCUT2D eigenvalue weighted by atomic mass is 10.5. The minimum absolute atomic E-state index is 0.211. The Bertz CT molecular complexity index is 487. The number of thiazole rings is 1. The largest absolute Gasteiger partial charge is 0.387 e. The van der Waals surface area contributed by atoms with Crippen LogP contribution in [-0.4, -0.2) is 24.7 Å². The summed E-state index contributed by atoms with van der Waals surface area (Å²) in [6.07, 6.45) is 1.60. The van der Waals surface area contributed by atoms with E-state index in [2.05, 4.69) is 15.1 Å². The maximum absolute atomic E-state index is 5.40. The van der Waals surface area contributed by atoms with Crippen molar-refractivity contribution in [3.05, 3.63) is 28.2 Å². The number of hydrogen-bond acceptors (Lipinski definition) is 5. The Hall–Kier alpha value is -1.34. The molecule has 0 fully saturated rings. The fourth-order valence-corrected chi connectivity index (χ4v) is 1.83. The van der Waals surface area contributed by atoms with Crippen molar-refractivity contribution in [3.63, 3.8) is 0 Å². The number of thiocarbonyl (C=S) groups is 1. The minimum atomic E-state index is 0.211. The second kappa shape index (κ2) is 4.03. The van der Waals surface area contributed by atoms with Crippen LogP contribution in [0.4, 0.5) is 0 Å². The molecule has 0 bridgehead atoms. The number of hydrogen-bond donors (Lipinski definition) is 1. The maximum Gasteiger partial charge on any atom is 0.208 e. The molecule has 0 radical (unpaired) electrons. The third-order valence-corrected chi connectivity index (χ3v) is 2.75. The van der Waals surface area contributed by atoms with Crippen LogP contribution in [0, 0.1) is 6.92 Å². The van der Waals surface area contributed by atoms with Crippen molar-refractivity contribution in [3.8, 4) is 0 Å². The predicted octanol–water partition coefficient (Wildman–Crippen LogP) is 0.726. The van der Waals surface area contributed by atoms with Crippen molar-refractivity contribution in [1.29, 1.82) is 0 Å². The van der Waals surface area contributed by atoms with Crippen molar-refractivity contribution >= 4 is 28.5 Å². The Morgan fingerprint density at radius 1 is 1.67 bits per heavy atom. The number of rotatable bonds is 3. The number of aryl methyl sites for hydroxylation is 1. The van der Waals surface area contributed by atoms with E-state index in [1.807, 2.05) is 12.3 Å². The molecular formula is C8H9N5S2. The van der Waals surface area contributed by atoms with Crippen molar-refractivity contribution in [2.75, 3.05) is 0 Å². The van der Waals surface area contributed by atoms with Gasteiger partial charge in [0.05, 0.1) is 17.2 Å². The van der Waals surface area contributed by atoms with Crippen LogP contribution in [0.1, 0.15) is 16.5 Å². The maximum atomic E-state index is 5.40. The highest BCUT2D eigenvalue weighted by Gasteiger charge is 2.05. The third-order valence-electron chi connectivity index (χ3n) is 1.75. The average Bonchev–Trinajstić information content (AvgIpc) is 2.76. The molecule has 0 aliphatic rings. The Morgan fingerprint density at radius 2 is 2.47 bits per heavy atom. The molecule has 0 saturated carbocycles. The summed E-state index contributed by atoms with van der Waals surface area (Å²) in [5.41, 5.74) is 6.37. The van der Waals surface area contributed by atoms with Crippen LogP contribution in [0.15, 0.2) is 11.7 Å². The molecule has 2 rings (SSSR count). The predicted molar refractivity (Wildman–Crippen MR) is 61.9 cm³/mol. The van der Waals surface area contributed by atoms with E-state index in [1.165, 1.54) is 0 Å². The van der Waals surface area contributed by atoms with Crippen LogP contribution in [-0.2, 0) is 6.54 Å². The molecule has 0 unspecified atom stereocenters. The Balaban J connectivity index is 2.14. The van der Waals surface area contributed by atoms with Gasteiger partial charge in [0.15, 0.2) is 0 Å². The summed E-state index contributed by atoms with van der Waals surface area (Å²) in [4.78, 5) is 8.52. The summed E-state index contributed by atoms with van der Waals surface area (Å²) in [5.74, 6) is 0.400. The molecule has 15 heavy (non-hydrogen) atoms. The molecule has 2 aromatic rings. The number of nitrogens with two attached hydrogens (primary N) is 1. The Labute approximate surface area is 96.0 Å². The van der Waals surface area contributed by atoms with E-state index in [1.54, 1.807) is 22.3 Å². The molecule has 0 atom stereocenters. The normalized spacial score (nSPS) is 10.5. The van der Waals surface area contributed by atoms with Gasteiger partial charge in [-0.1, -0.05) is 12.2 Å². The number of nitrogens with zero attached hydrogens (tertiary/aromatic N) is 4. The van der Waals surface area contributed by atoms with Crippen LogP contribution >= 0.6 is 23.6 Å². The lowest BCUT2D eigenvalue weighted by molar-refractivity contribution is 0.671. The molecular weight excluding hydrogens is 230 g/mol. The van der Waals surface area contributed by atoms with Gasteiger partial charge in [-0.15, -0.1) is 16.4 Å². The quantitative estimate of drug-likeness (QED) is 0.799. The molecule has 2 aromatic heterocycles. The van der Waals surface area contributed by atoms with Gasteiger partial charge in [-0.2, -0.15) is 0 Å². The standard InChI is InChI=1S/C8H9N5S2/c1-5-11-6(3-15-5)2-13-4-10-8(12-13)7(9)14/h3-4H,2H2,1H3,(H2,9,14). The van der Waals surface area contributed by atoms with Crippen molar-refractivity contribution in [2.45, 2.75) is 13.5 Å². The summed E-state index contributed by atoms with van der Waals surface area (Å²) >= 11 is 6.38. The second-order valence-electron chi connectivity index (χ2n) is 2.99. The van der Waals surface area contributed by atoms with E-state index >= 15 is 0 Å². The van der Waals surface area contributed by atoms with E-state index in [0.717, 1.165) is 10.7 Å². The van der Waals surface area contributed by atoms with Gasteiger partial charge in [-0.3, -0.25) is 0 Å². The first-order valence-electron chi connectivity index (χ1n) is 4.25. The van der Waals surface area contributed by atoms with Gasteiger partial charge in [0.2, 0.25) is 5.82 Å². The van der Waals surface area contributed by atoms with Gasteiger partial charge >= 0.3 is 0 Å². The fraction of sp³-hybridized carbons (Fsp3) is 0.250. The molecule has 2 N–H and O–H groups in total. The Morgan fingerprint density at radius 3 is 3.00 bits per heavy atom. The summed E-state index contributed by atoms with van der Waals surface area (Å²) in [6, 6.07) is 0. The first kappa shape index (κ1) is 10.2. The third kappa shape index (κ3) is 2.37. The van der Waals surface area contributed by atoms with Gasteiger partial charge in [-0.05, 0) is 6.92 Å². The van der Waals surface area contributed by atoms with Crippen molar-refractivity contribution in [1.82, 2.24) is 19.7 Å². The summed E-state index contributed by atoms with van der Waals surface area (Å²) < 4.78 is 1.67. The molecule has 0 saturated heterocycles. The van der Waals surface area contributed by atoms with Gasteiger partial charge in [0, 0.05) is 5.38 Å². The molecule has 78 valence electrons. The molecule has 7 heteroatoms. The molecule has 0 aromatic carbocycles. The van der Waals surface area contributed by atoms with Gasteiger partial charge < -0.3 is 5.73 Å². The van der Waals surface area contributed by atoms with E-state index in [0.29, 0.717) is 12.4 Å². The summed E-state index contributed by atoms with van der Waals surface area (Å²) in [7, 11) is 0. The van der Waals surface area contributed by atoms with Crippen LogP contribution in [0.2, 0.25) is 0 Å². The lowest BCUT2D eigenvalue weighted by Gasteiger charge is -1.95. The fourth-order valence-electron chi connectivity index (χ4n) is 1.13. The highest BCUT2D eigenvalue weighted by Crippen LogP contribution is 2.08. The second-order valence-corrected chi connectivity index (χ2v) is 4.49. The van der Waals surface area contributed by atoms with Gasteiger partial charge in [0.25, 0.3) is 0 Å². The molecule has 0 aliphatic carbocycles. The zero-order chi connectivity index (χ0) is 10.8. The summed E-state index contributed by atoms with van der Waals surface area (Å²) in [6.45, 7) is 2.57. The Kier molecular flexibility index (Phi) is 2.74. The molecule has 0 amide bonds. The average molecular weight is 239 g/mol. The summed E-state index contributed by atoms with van der Waals surface area (Å²) in [5, 5.41) is 7.16. The SMILES string of the molecule is Cc1nc(Cn2cnc(C(N)=S)n2)cs1. The van der Waals surface area contributed by atoms with Crippen LogP contribution in [0.5, 0.6) is 0 Å². The van der Waals surface area contributed by atoms with E-state index in [9.17, 15) is 0 Å². The zero-order valence-corrected chi connectivity index (χ0v) is 9.68. The van der Waals surface area contributed by atoms with Crippen molar-refractivity contribution < 1.29 is 0 Å². The monoisotopic (exact) mass is 239 g/mol. The first-order valence-corrected chi connectivity index (χ1v) is 5.54. The molecule has 0 aliphatic heterocycles. The molecule has 2 heterocycles. The van der Waals surface area contributed by atoms with E-state index in [-0.39, 0.29) is 4.99 Å². The highest BCUT2D eigenvalue weighted by molar-refractivity contribution is 7.80. The topological polar surface area (TPSA) is 69.6 Å². The van der Waals surface area contributed by atoms with E-state index < -0.39 is 0 Å².